The maximum absolute atomic E-state index is 11.2. The smallest absolute Gasteiger partial charge is 0.308 e. The second kappa shape index (κ2) is 5.16. The van der Waals surface area contributed by atoms with Gasteiger partial charge in [0, 0.05) is 5.56 Å². The molecule has 0 spiro atoms. The minimum Gasteiger partial charge on any atom is -0.492 e. The van der Waals surface area contributed by atoms with Crippen molar-refractivity contribution in [3.8, 4) is 5.75 Å². The van der Waals surface area contributed by atoms with Crippen molar-refractivity contribution in [1.82, 2.24) is 20.2 Å². The number of rotatable bonds is 4. The minimum atomic E-state index is -0.868. The van der Waals surface area contributed by atoms with Gasteiger partial charge < -0.3 is 9.84 Å². The van der Waals surface area contributed by atoms with Crippen LogP contribution in [0.15, 0.2) is 24.3 Å². The highest BCUT2D eigenvalue weighted by atomic mass is 16.5. The fourth-order valence-corrected chi connectivity index (χ4v) is 2.51. The first-order valence-corrected chi connectivity index (χ1v) is 6.82. The molecular weight excluding hydrogens is 272 g/mol. The molecular formula is C14H16N4O3. The zero-order valence-electron chi connectivity index (χ0n) is 11.8. The lowest BCUT2D eigenvalue weighted by Crippen LogP contribution is -2.25. The molecule has 0 aliphatic carbocycles. The number of carboxylic acids is 1. The topological polar surface area (TPSA) is 90.1 Å². The zero-order chi connectivity index (χ0) is 15.0. The maximum atomic E-state index is 11.2. The third-order valence-corrected chi connectivity index (χ3v) is 4.03. The number of fused-ring (bicyclic) bond motifs is 1. The van der Waals surface area contributed by atoms with Crippen molar-refractivity contribution in [2.24, 2.45) is 5.92 Å². The molecule has 0 saturated carbocycles. The van der Waals surface area contributed by atoms with E-state index in [1.165, 1.54) is 0 Å². The van der Waals surface area contributed by atoms with Gasteiger partial charge in [0.1, 0.15) is 12.4 Å². The van der Waals surface area contributed by atoms with Gasteiger partial charge in [0.05, 0.1) is 17.9 Å². The minimum absolute atomic E-state index is 0.0698. The summed E-state index contributed by atoms with van der Waals surface area (Å²) in [7, 11) is 0. The molecule has 0 radical (unpaired) electrons. The molecule has 7 heteroatoms. The number of benzene rings is 1. The number of tetrazole rings is 1. The van der Waals surface area contributed by atoms with E-state index in [1.54, 1.807) is 18.5 Å². The van der Waals surface area contributed by atoms with Crippen LogP contribution in [0.25, 0.3) is 0 Å². The van der Waals surface area contributed by atoms with Crippen molar-refractivity contribution < 1.29 is 14.6 Å². The SMILES string of the molecule is CC(C(=O)O)C(C)n1nnnc1C1COc2ccccc21. The van der Waals surface area contributed by atoms with Gasteiger partial charge in [0.15, 0.2) is 5.82 Å². The Labute approximate surface area is 121 Å². The molecule has 3 rings (SSSR count). The van der Waals surface area contributed by atoms with Crippen LogP contribution in [0.2, 0.25) is 0 Å². The Morgan fingerprint density at radius 3 is 2.95 bits per heavy atom. The number of ether oxygens (including phenoxy) is 1. The quantitative estimate of drug-likeness (QED) is 0.916. The van der Waals surface area contributed by atoms with E-state index < -0.39 is 11.9 Å². The zero-order valence-corrected chi connectivity index (χ0v) is 11.8. The van der Waals surface area contributed by atoms with E-state index in [1.807, 2.05) is 24.3 Å². The number of aliphatic carboxylic acids is 1. The average Bonchev–Trinajstić information content (AvgIpc) is 3.11. The highest BCUT2D eigenvalue weighted by Crippen LogP contribution is 2.37. The van der Waals surface area contributed by atoms with Crippen LogP contribution >= 0.6 is 0 Å². The normalized spacial score (nSPS) is 19.6. The summed E-state index contributed by atoms with van der Waals surface area (Å²) in [4.78, 5) is 11.2. The van der Waals surface area contributed by atoms with Gasteiger partial charge in [-0.3, -0.25) is 4.79 Å². The molecule has 1 aromatic heterocycles. The predicted molar refractivity (Wildman–Crippen MR) is 73.1 cm³/mol. The van der Waals surface area contributed by atoms with E-state index in [0.29, 0.717) is 12.4 Å². The molecule has 21 heavy (non-hydrogen) atoms. The monoisotopic (exact) mass is 288 g/mol. The van der Waals surface area contributed by atoms with Crippen LogP contribution in [0.5, 0.6) is 5.75 Å². The summed E-state index contributed by atoms with van der Waals surface area (Å²) in [5.41, 5.74) is 1.03. The summed E-state index contributed by atoms with van der Waals surface area (Å²) in [6, 6.07) is 7.42. The summed E-state index contributed by atoms with van der Waals surface area (Å²) in [6.45, 7) is 3.92. The molecule has 0 fully saturated rings. The van der Waals surface area contributed by atoms with Crippen LogP contribution in [-0.4, -0.2) is 37.9 Å². The van der Waals surface area contributed by atoms with Crippen molar-refractivity contribution in [3.63, 3.8) is 0 Å². The van der Waals surface area contributed by atoms with E-state index in [2.05, 4.69) is 15.5 Å². The molecule has 1 aromatic carbocycles. The first kappa shape index (κ1) is 13.5. The number of aromatic nitrogens is 4. The van der Waals surface area contributed by atoms with Gasteiger partial charge in [-0.15, -0.1) is 5.10 Å². The van der Waals surface area contributed by atoms with E-state index >= 15 is 0 Å². The van der Waals surface area contributed by atoms with E-state index in [-0.39, 0.29) is 12.0 Å². The van der Waals surface area contributed by atoms with E-state index in [4.69, 9.17) is 9.84 Å². The molecule has 0 bridgehead atoms. The number of hydrogen-bond acceptors (Lipinski definition) is 5. The lowest BCUT2D eigenvalue weighted by Gasteiger charge is -2.19. The number of para-hydroxylation sites is 1. The average molecular weight is 288 g/mol. The highest BCUT2D eigenvalue weighted by Gasteiger charge is 2.33. The Morgan fingerprint density at radius 2 is 2.19 bits per heavy atom. The summed E-state index contributed by atoms with van der Waals surface area (Å²) in [5, 5.41) is 20.9. The molecule has 110 valence electrons. The summed E-state index contributed by atoms with van der Waals surface area (Å²) >= 11 is 0. The van der Waals surface area contributed by atoms with E-state index in [0.717, 1.165) is 11.3 Å². The van der Waals surface area contributed by atoms with Crippen LogP contribution < -0.4 is 4.74 Å². The molecule has 2 aromatic rings. The lowest BCUT2D eigenvalue weighted by molar-refractivity contribution is -0.142. The third-order valence-electron chi connectivity index (χ3n) is 4.03. The van der Waals surface area contributed by atoms with Crippen LogP contribution in [0.3, 0.4) is 0 Å². The van der Waals surface area contributed by atoms with Crippen molar-refractivity contribution in [2.45, 2.75) is 25.8 Å². The number of nitrogens with zero attached hydrogens (tertiary/aromatic N) is 4. The van der Waals surface area contributed by atoms with Crippen molar-refractivity contribution in [2.75, 3.05) is 6.61 Å². The molecule has 0 saturated heterocycles. The Bertz CT molecular complexity index is 670. The van der Waals surface area contributed by atoms with Crippen molar-refractivity contribution in [3.05, 3.63) is 35.7 Å². The van der Waals surface area contributed by atoms with Crippen molar-refractivity contribution in [1.29, 1.82) is 0 Å². The van der Waals surface area contributed by atoms with Crippen LogP contribution in [0.4, 0.5) is 0 Å². The fraction of sp³-hybridized carbons (Fsp3) is 0.429. The molecule has 7 nitrogen and oxygen atoms in total. The Morgan fingerprint density at radius 1 is 1.43 bits per heavy atom. The van der Waals surface area contributed by atoms with Gasteiger partial charge in [0.2, 0.25) is 0 Å². The number of hydrogen-bond donors (Lipinski definition) is 1. The Balaban J connectivity index is 1.96. The first-order valence-electron chi connectivity index (χ1n) is 6.82. The Kier molecular flexibility index (Phi) is 3.32. The van der Waals surface area contributed by atoms with Crippen LogP contribution in [-0.2, 0) is 4.79 Å². The molecule has 2 heterocycles. The first-order chi connectivity index (χ1) is 10.1. The molecule has 3 atom stereocenters. The molecule has 1 aliphatic heterocycles. The highest BCUT2D eigenvalue weighted by molar-refractivity contribution is 5.70. The van der Waals surface area contributed by atoms with E-state index in [9.17, 15) is 4.79 Å². The molecule has 1 aliphatic rings. The predicted octanol–water partition coefficient (Wildman–Crippen LogP) is 1.48. The van der Waals surface area contributed by atoms with Gasteiger partial charge in [0.25, 0.3) is 0 Å². The standard InChI is InChI=1S/C14H16N4O3/c1-8(14(19)20)9(2)18-13(15-16-17-18)11-7-21-12-6-4-3-5-10(11)12/h3-6,8-9,11H,7H2,1-2H3,(H,19,20). The summed E-state index contributed by atoms with van der Waals surface area (Å²) in [5.74, 6) is -0.0481. The van der Waals surface area contributed by atoms with Gasteiger partial charge in [-0.05, 0) is 30.3 Å². The second-order valence-corrected chi connectivity index (χ2v) is 5.25. The van der Waals surface area contributed by atoms with Gasteiger partial charge in [-0.1, -0.05) is 18.2 Å². The van der Waals surface area contributed by atoms with Gasteiger partial charge in [-0.2, -0.15) is 0 Å². The number of carbonyl (C=O) groups is 1. The van der Waals surface area contributed by atoms with Crippen molar-refractivity contribution >= 4 is 5.97 Å². The summed E-state index contributed by atoms with van der Waals surface area (Å²) in [6.07, 6.45) is 0. The fourth-order valence-electron chi connectivity index (χ4n) is 2.51. The lowest BCUT2D eigenvalue weighted by atomic mass is 9.99. The molecule has 0 amide bonds. The van der Waals surface area contributed by atoms with Crippen LogP contribution in [0, 0.1) is 5.92 Å². The third kappa shape index (κ3) is 2.24. The Hall–Kier alpha value is -2.44. The second-order valence-electron chi connectivity index (χ2n) is 5.25. The largest absolute Gasteiger partial charge is 0.492 e. The summed E-state index contributed by atoms with van der Waals surface area (Å²) < 4.78 is 7.24. The maximum Gasteiger partial charge on any atom is 0.308 e. The molecule has 1 N–H and O–H groups in total. The van der Waals surface area contributed by atoms with Crippen LogP contribution in [0.1, 0.15) is 37.2 Å². The molecule has 3 unspecified atom stereocenters. The van der Waals surface area contributed by atoms with Gasteiger partial charge in [-0.25, -0.2) is 4.68 Å². The number of carboxylic acid groups (broad SMARTS) is 1. The van der Waals surface area contributed by atoms with Gasteiger partial charge >= 0.3 is 5.97 Å².